The summed E-state index contributed by atoms with van der Waals surface area (Å²) in [7, 11) is 0. The Balaban J connectivity index is 2.59. The molecule has 0 unspecified atom stereocenters. The van der Waals surface area contributed by atoms with Gasteiger partial charge in [0.1, 0.15) is 0 Å². The van der Waals surface area contributed by atoms with Gasteiger partial charge in [0, 0.05) is 0 Å². The molecule has 0 saturated carbocycles. The molecule has 0 aromatic carbocycles. The van der Waals surface area contributed by atoms with Crippen molar-refractivity contribution in [2.24, 2.45) is 0 Å². The van der Waals surface area contributed by atoms with Crippen LogP contribution in [0, 0.1) is 0 Å². The Kier molecular flexibility index (Phi) is 0.889. The molecule has 0 bridgehead atoms. The van der Waals surface area contributed by atoms with E-state index in [4.69, 9.17) is 0 Å². The topological polar surface area (TPSA) is 0 Å². The summed E-state index contributed by atoms with van der Waals surface area (Å²) in [5.74, 6) is 0. The predicted octanol–water partition coefficient (Wildman–Crippen LogP) is 2.10. The van der Waals surface area contributed by atoms with Gasteiger partial charge in [0.2, 0.25) is 0 Å². The van der Waals surface area contributed by atoms with E-state index in [0.717, 1.165) is 8.49 Å². The second kappa shape index (κ2) is 1.10. The number of rotatable bonds is 0. The van der Waals surface area contributed by atoms with Gasteiger partial charge in [-0.3, -0.25) is 0 Å². The summed E-state index contributed by atoms with van der Waals surface area (Å²) in [6.07, 6.45) is 0. The first kappa shape index (κ1) is 5.68. The SMILES string of the molecule is C[C]1(C)[Ge][C]1(C)C. The molecule has 1 saturated heterocycles. The van der Waals surface area contributed by atoms with Crippen molar-refractivity contribution in [2.45, 2.75) is 36.2 Å². The van der Waals surface area contributed by atoms with Crippen molar-refractivity contribution in [3.8, 4) is 0 Å². The van der Waals surface area contributed by atoms with Crippen molar-refractivity contribution in [1.29, 1.82) is 0 Å². The van der Waals surface area contributed by atoms with Crippen LogP contribution in [-0.4, -0.2) is 15.4 Å². The normalized spacial score (nSPS) is 32.6. The quantitative estimate of drug-likeness (QED) is 0.472. The Morgan fingerprint density at radius 3 is 1.00 bits per heavy atom. The minimum atomic E-state index is 0.431. The molecule has 0 aliphatic carbocycles. The van der Waals surface area contributed by atoms with E-state index >= 15 is 0 Å². The Labute approximate surface area is 52.2 Å². The third-order valence-electron chi connectivity index (χ3n) is 2.12. The van der Waals surface area contributed by atoms with Gasteiger partial charge in [-0.05, 0) is 0 Å². The van der Waals surface area contributed by atoms with Crippen LogP contribution in [0.5, 0.6) is 0 Å². The molecule has 1 heterocycles. The third-order valence-corrected chi connectivity index (χ3v) is 6.85. The monoisotopic (exact) mass is 158 g/mol. The van der Waals surface area contributed by atoms with Crippen LogP contribution in [0.4, 0.5) is 0 Å². The number of hydrogen-bond donors (Lipinski definition) is 0. The van der Waals surface area contributed by atoms with E-state index in [2.05, 4.69) is 27.7 Å². The summed E-state index contributed by atoms with van der Waals surface area (Å²) < 4.78 is 1.54. The van der Waals surface area contributed by atoms with Crippen LogP contribution in [-0.2, 0) is 0 Å². The van der Waals surface area contributed by atoms with Gasteiger partial charge < -0.3 is 0 Å². The number of hydrogen-bond acceptors (Lipinski definition) is 0. The van der Waals surface area contributed by atoms with Crippen molar-refractivity contribution >= 4 is 15.4 Å². The fourth-order valence-corrected chi connectivity index (χ4v) is 3.90. The molecule has 0 aromatic heterocycles. The van der Waals surface area contributed by atoms with Crippen molar-refractivity contribution in [3.63, 3.8) is 0 Å². The molecule has 0 N–H and O–H groups in total. The van der Waals surface area contributed by atoms with E-state index in [1.165, 1.54) is 0 Å². The standard InChI is InChI=1S/C6H12Ge/c1-5(2)6(3,4)7-5/h1-4H3. The van der Waals surface area contributed by atoms with Crippen LogP contribution in [0.3, 0.4) is 0 Å². The third kappa shape index (κ3) is 0.736. The van der Waals surface area contributed by atoms with Crippen LogP contribution < -0.4 is 0 Å². The molecular formula is C6H12Ge. The molecule has 1 aliphatic heterocycles. The Morgan fingerprint density at radius 1 is 0.857 bits per heavy atom. The van der Waals surface area contributed by atoms with Gasteiger partial charge >= 0.3 is 51.6 Å². The first-order chi connectivity index (χ1) is 2.96. The van der Waals surface area contributed by atoms with Gasteiger partial charge in [0.25, 0.3) is 0 Å². The molecule has 1 fully saturated rings. The summed E-state index contributed by atoms with van der Waals surface area (Å²) in [6, 6.07) is 0. The molecule has 0 aromatic rings. The van der Waals surface area contributed by atoms with Gasteiger partial charge in [-0.1, -0.05) is 0 Å². The Hall–Kier alpha value is 0.543. The fraction of sp³-hybridized carbons (Fsp3) is 1.00. The van der Waals surface area contributed by atoms with E-state index in [0.29, 0.717) is 15.4 Å². The molecular weight excluding hydrogens is 145 g/mol. The predicted molar refractivity (Wildman–Crippen MR) is 33.8 cm³/mol. The van der Waals surface area contributed by atoms with Gasteiger partial charge in [-0.15, -0.1) is 0 Å². The van der Waals surface area contributed by atoms with E-state index in [-0.39, 0.29) is 0 Å². The van der Waals surface area contributed by atoms with Gasteiger partial charge in [-0.2, -0.15) is 0 Å². The second-order valence-electron chi connectivity index (χ2n) is 3.38. The van der Waals surface area contributed by atoms with Crippen LogP contribution >= 0.6 is 0 Å². The first-order valence-electron chi connectivity index (χ1n) is 2.75. The average molecular weight is 157 g/mol. The maximum atomic E-state index is 2.38. The zero-order chi connectivity index (χ0) is 5.71. The molecule has 2 radical (unpaired) electrons. The van der Waals surface area contributed by atoms with E-state index in [1.54, 1.807) is 0 Å². The summed E-state index contributed by atoms with van der Waals surface area (Å²) in [5.41, 5.74) is 0. The van der Waals surface area contributed by atoms with E-state index in [9.17, 15) is 0 Å². The van der Waals surface area contributed by atoms with Crippen molar-refractivity contribution < 1.29 is 0 Å². The summed E-state index contributed by atoms with van der Waals surface area (Å²) in [5, 5.41) is 0. The molecule has 0 atom stereocenters. The van der Waals surface area contributed by atoms with E-state index in [1.807, 2.05) is 0 Å². The zero-order valence-corrected chi connectivity index (χ0v) is 7.60. The Bertz CT molecular complexity index is 80.4. The fourth-order valence-electron chi connectivity index (χ4n) is 0.750. The van der Waals surface area contributed by atoms with Crippen molar-refractivity contribution in [2.75, 3.05) is 0 Å². The molecule has 1 heteroatoms. The van der Waals surface area contributed by atoms with Crippen molar-refractivity contribution in [1.82, 2.24) is 0 Å². The van der Waals surface area contributed by atoms with Crippen molar-refractivity contribution in [3.05, 3.63) is 0 Å². The van der Waals surface area contributed by atoms with Crippen LogP contribution in [0.25, 0.3) is 0 Å². The van der Waals surface area contributed by atoms with Crippen LogP contribution in [0.1, 0.15) is 27.7 Å². The summed E-state index contributed by atoms with van der Waals surface area (Å²) in [4.78, 5) is 0. The summed E-state index contributed by atoms with van der Waals surface area (Å²) >= 11 is 0.431. The van der Waals surface area contributed by atoms with E-state index < -0.39 is 0 Å². The average Bonchev–Trinajstić information content (AvgIpc) is 1.63. The molecule has 0 amide bonds. The maximum absolute atomic E-state index is 2.38. The molecule has 40 valence electrons. The van der Waals surface area contributed by atoms with Crippen LogP contribution in [0.2, 0.25) is 8.49 Å². The molecule has 0 nitrogen and oxygen atoms in total. The Morgan fingerprint density at radius 2 is 1.00 bits per heavy atom. The minimum absolute atomic E-state index is 0.431. The molecule has 1 aliphatic rings. The molecule has 1 rings (SSSR count). The molecule has 7 heavy (non-hydrogen) atoms. The van der Waals surface area contributed by atoms with Crippen LogP contribution in [0.15, 0.2) is 0 Å². The molecule has 0 spiro atoms. The summed E-state index contributed by atoms with van der Waals surface area (Å²) in [6.45, 7) is 9.53. The van der Waals surface area contributed by atoms with Gasteiger partial charge in [0.05, 0.1) is 0 Å². The second-order valence-corrected chi connectivity index (χ2v) is 9.14. The van der Waals surface area contributed by atoms with Gasteiger partial charge in [0.15, 0.2) is 0 Å². The zero-order valence-electron chi connectivity index (χ0n) is 5.50. The van der Waals surface area contributed by atoms with Gasteiger partial charge in [-0.25, -0.2) is 0 Å². The first-order valence-corrected chi connectivity index (χ1v) is 4.85.